The van der Waals surface area contributed by atoms with Crippen molar-refractivity contribution in [2.24, 2.45) is 5.92 Å². The van der Waals surface area contributed by atoms with Crippen LogP contribution in [0.2, 0.25) is 0 Å². The molecule has 0 saturated carbocycles. The molecule has 0 heterocycles. The van der Waals surface area contributed by atoms with Crippen molar-refractivity contribution in [2.45, 2.75) is 26.2 Å². The van der Waals surface area contributed by atoms with Crippen molar-refractivity contribution in [1.29, 1.82) is 0 Å². The molecule has 0 aliphatic carbocycles. The highest BCUT2D eigenvalue weighted by atomic mass is 16.5. The Kier molecular flexibility index (Phi) is 8.19. The molecule has 0 unspecified atom stereocenters. The molecule has 27 heavy (non-hydrogen) atoms. The molecular formula is C24H26O3. The molecule has 3 heteroatoms. The van der Waals surface area contributed by atoms with Crippen molar-refractivity contribution >= 4 is 5.97 Å². The third-order valence-electron chi connectivity index (χ3n) is 4.32. The van der Waals surface area contributed by atoms with Crippen molar-refractivity contribution in [3.63, 3.8) is 0 Å². The third-order valence-corrected chi connectivity index (χ3v) is 4.32. The summed E-state index contributed by atoms with van der Waals surface area (Å²) < 4.78 is 10.8. The second-order valence-corrected chi connectivity index (χ2v) is 6.40. The van der Waals surface area contributed by atoms with Gasteiger partial charge in [-0.2, -0.15) is 0 Å². The highest BCUT2D eigenvalue weighted by Gasteiger charge is 2.07. The first kappa shape index (κ1) is 20.3. The first-order valence-electron chi connectivity index (χ1n) is 9.17. The summed E-state index contributed by atoms with van der Waals surface area (Å²) in [5.41, 5.74) is 3.61. The zero-order valence-electron chi connectivity index (χ0n) is 15.8. The fourth-order valence-electron chi connectivity index (χ4n) is 2.68. The summed E-state index contributed by atoms with van der Waals surface area (Å²) in [7, 11) is 0. The minimum atomic E-state index is -0.398. The quantitative estimate of drug-likeness (QED) is 0.252. The van der Waals surface area contributed by atoms with Crippen LogP contribution in [0.4, 0.5) is 0 Å². The molecule has 0 fully saturated rings. The lowest BCUT2D eigenvalue weighted by Crippen LogP contribution is -2.08. The Hall–Kier alpha value is -2.99. The van der Waals surface area contributed by atoms with E-state index in [1.165, 1.54) is 11.1 Å². The summed E-state index contributed by atoms with van der Waals surface area (Å²) >= 11 is 0. The van der Waals surface area contributed by atoms with Crippen molar-refractivity contribution in [1.82, 2.24) is 0 Å². The second-order valence-electron chi connectivity index (χ2n) is 6.40. The number of rotatable bonds is 10. The van der Waals surface area contributed by atoms with E-state index in [9.17, 15) is 4.79 Å². The molecule has 140 valence electrons. The lowest BCUT2D eigenvalue weighted by Gasteiger charge is -2.12. The van der Waals surface area contributed by atoms with E-state index >= 15 is 0 Å². The van der Waals surface area contributed by atoms with E-state index in [1.54, 1.807) is 0 Å². The van der Waals surface area contributed by atoms with Crippen LogP contribution in [0, 0.1) is 25.2 Å². The predicted molar refractivity (Wildman–Crippen MR) is 109 cm³/mol. The molecule has 0 bridgehead atoms. The summed E-state index contributed by atoms with van der Waals surface area (Å²) in [4.78, 5) is 11.0. The van der Waals surface area contributed by atoms with Gasteiger partial charge in [-0.25, -0.2) is 4.79 Å². The minimum Gasteiger partial charge on any atom is -0.494 e. The maximum atomic E-state index is 11.0. The topological polar surface area (TPSA) is 35.5 Å². The van der Waals surface area contributed by atoms with E-state index in [0.29, 0.717) is 13.2 Å². The van der Waals surface area contributed by atoms with Gasteiger partial charge in [-0.05, 0) is 49.4 Å². The van der Waals surface area contributed by atoms with E-state index in [-0.39, 0.29) is 5.92 Å². The van der Waals surface area contributed by atoms with Crippen molar-refractivity contribution in [3.05, 3.63) is 66.7 Å². The Morgan fingerprint density at radius 2 is 1.70 bits per heavy atom. The number of carbonyl (C=O) groups is 1. The van der Waals surface area contributed by atoms with Crippen LogP contribution in [0.25, 0.3) is 11.1 Å². The van der Waals surface area contributed by atoms with Gasteiger partial charge in [0.2, 0.25) is 0 Å². The number of hydrogen-bond acceptors (Lipinski definition) is 3. The molecule has 3 nitrogen and oxygen atoms in total. The number of ether oxygens (including phenoxy) is 2. The number of esters is 1. The number of benzene rings is 2. The van der Waals surface area contributed by atoms with Crippen LogP contribution >= 0.6 is 0 Å². The molecule has 0 N–H and O–H groups in total. The van der Waals surface area contributed by atoms with Crippen LogP contribution in [0.5, 0.6) is 5.75 Å². The Bertz CT molecular complexity index is 767. The maximum Gasteiger partial charge on any atom is 0.330 e. The average molecular weight is 362 g/mol. The van der Waals surface area contributed by atoms with E-state index in [2.05, 4.69) is 55.8 Å². The summed E-state index contributed by atoms with van der Waals surface area (Å²) in [6.45, 7) is 6.37. The molecule has 0 aromatic heterocycles. The van der Waals surface area contributed by atoms with Gasteiger partial charge >= 0.3 is 5.97 Å². The van der Waals surface area contributed by atoms with Crippen molar-refractivity contribution < 1.29 is 14.3 Å². The van der Waals surface area contributed by atoms with Crippen LogP contribution < -0.4 is 4.74 Å². The Labute approximate surface area is 162 Å². The van der Waals surface area contributed by atoms with Crippen LogP contribution in [0.3, 0.4) is 0 Å². The zero-order valence-corrected chi connectivity index (χ0v) is 15.8. The van der Waals surface area contributed by atoms with E-state index in [4.69, 9.17) is 15.9 Å². The third kappa shape index (κ3) is 7.03. The molecule has 1 atom stereocenters. The molecule has 2 rings (SSSR count). The molecule has 2 aromatic rings. The van der Waals surface area contributed by atoms with Gasteiger partial charge in [-0.1, -0.05) is 48.5 Å². The largest absolute Gasteiger partial charge is 0.494 e. The molecule has 0 radical (unpaired) electrons. The lowest BCUT2D eigenvalue weighted by atomic mass is 10.0. The number of carbonyl (C=O) groups excluding carboxylic acids is 1. The summed E-state index contributed by atoms with van der Waals surface area (Å²) in [6.07, 6.45) is 9.06. The number of terminal acetylenes is 1. The van der Waals surface area contributed by atoms with Gasteiger partial charge in [0.25, 0.3) is 0 Å². The van der Waals surface area contributed by atoms with Gasteiger partial charge in [0.1, 0.15) is 5.75 Å². The molecule has 0 aliphatic rings. The number of hydrogen-bond donors (Lipinski definition) is 0. The summed E-state index contributed by atoms with van der Waals surface area (Å²) in [6, 6.07) is 16.5. The standard InChI is InChI=1S/C24H26O3/c1-4-20(7-6-17-27-24(25)5-2)16-18-26-23-14-12-22(13-15-23)21-10-8-19(3)9-11-21/h1,5,8-15,20H,2,6-7,16-18H2,3H3/t20-/m0/s1. The molecule has 2 aromatic carbocycles. The maximum absolute atomic E-state index is 11.0. The fraction of sp³-hybridized carbons (Fsp3) is 0.292. The Balaban J connectivity index is 1.74. The van der Waals surface area contributed by atoms with Gasteiger partial charge in [-0.15, -0.1) is 12.3 Å². The van der Waals surface area contributed by atoms with Gasteiger partial charge in [0.05, 0.1) is 13.2 Å². The highest BCUT2D eigenvalue weighted by molar-refractivity contribution is 5.81. The SMILES string of the molecule is C#C[C@@H](CCCOC(=O)C=C)CCOc1ccc(-c2ccc(C)cc2)cc1. The van der Waals surface area contributed by atoms with Gasteiger partial charge in [0.15, 0.2) is 0 Å². The molecule has 0 amide bonds. The molecule has 0 spiro atoms. The first-order valence-corrected chi connectivity index (χ1v) is 9.17. The summed E-state index contributed by atoms with van der Waals surface area (Å²) in [5.74, 6) is 3.33. The molecule has 0 saturated heterocycles. The van der Waals surface area contributed by atoms with Crippen LogP contribution in [-0.2, 0) is 9.53 Å². The monoisotopic (exact) mass is 362 g/mol. The van der Waals surface area contributed by atoms with E-state index < -0.39 is 5.97 Å². The van der Waals surface area contributed by atoms with Crippen LogP contribution in [0.15, 0.2) is 61.2 Å². The van der Waals surface area contributed by atoms with E-state index in [0.717, 1.165) is 36.7 Å². The second kappa shape index (κ2) is 10.9. The van der Waals surface area contributed by atoms with Crippen molar-refractivity contribution in [3.8, 4) is 29.2 Å². The summed E-state index contributed by atoms with van der Waals surface area (Å²) in [5, 5.41) is 0. The highest BCUT2D eigenvalue weighted by Crippen LogP contribution is 2.23. The molecule has 0 aliphatic heterocycles. The fourth-order valence-corrected chi connectivity index (χ4v) is 2.68. The van der Waals surface area contributed by atoms with Gasteiger partial charge < -0.3 is 9.47 Å². The Morgan fingerprint density at radius 3 is 2.30 bits per heavy atom. The van der Waals surface area contributed by atoms with Crippen LogP contribution in [0.1, 0.15) is 24.8 Å². The zero-order chi connectivity index (χ0) is 19.5. The first-order chi connectivity index (χ1) is 13.1. The minimum absolute atomic E-state index is 0.110. The van der Waals surface area contributed by atoms with E-state index in [1.807, 2.05) is 12.1 Å². The molecular weight excluding hydrogens is 336 g/mol. The van der Waals surface area contributed by atoms with Gasteiger partial charge in [0, 0.05) is 12.0 Å². The van der Waals surface area contributed by atoms with Crippen molar-refractivity contribution in [2.75, 3.05) is 13.2 Å². The smallest absolute Gasteiger partial charge is 0.330 e. The number of aryl methyl sites for hydroxylation is 1. The average Bonchev–Trinajstić information content (AvgIpc) is 2.70. The lowest BCUT2D eigenvalue weighted by molar-refractivity contribution is -0.137. The van der Waals surface area contributed by atoms with Gasteiger partial charge in [-0.3, -0.25) is 0 Å². The van der Waals surface area contributed by atoms with Crippen LogP contribution in [-0.4, -0.2) is 19.2 Å². The predicted octanol–water partition coefficient (Wildman–Crippen LogP) is 5.19. The Morgan fingerprint density at radius 1 is 1.07 bits per heavy atom. The normalized spacial score (nSPS) is 11.3.